The number of halogens is 1. The van der Waals surface area contributed by atoms with E-state index in [2.05, 4.69) is 9.97 Å². The number of carbonyl (C=O) groups is 1. The van der Waals surface area contributed by atoms with Crippen LogP contribution in [-0.2, 0) is 4.79 Å². The molecule has 2 N–H and O–H groups in total. The van der Waals surface area contributed by atoms with E-state index in [1.54, 1.807) is 18.2 Å². The molecule has 7 nitrogen and oxygen atoms in total. The predicted molar refractivity (Wildman–Crippen MR) is 98.0 cm³/mol. The van der Waals surface area contributed by atoms with E-state index in [4.69, 9.17) is 10.5 Å². The van der Waals surface area contributed by atoms with Crippen LogP contribution in [0.15, 0.2) is 36.7 Å². The fraction of sp³-hybridized carbons (Fsp3) is 0.421. The van der Waals surface area contributed by atoms with Crippen LogP contribution in [-0.4, -0.2) is 52.5 Å². The lowest BCUT2D eigenvalue weighted by molar-refractivity contribution is -0.135. The first-order valence-corrected chi connectivity index (χ1v) is 9.15. The van der Waals surface area contributed by atoms with E-state index in [1.165, 1.54) is 18.5 Å². The summed E-state index contributed by atoms with van der Waals surface area (Å²) in [5.74, 6) is 1.19. The molecule has 0 radical (unpaired) electrons. The molecule has 0 spiro atoms. The summed E-state index contributed by atoms with van der Waals surface area (Å²) in [7, 11) is 0. The smallest absolute Gasteiger partial charge is 0.224 e. The second-order valence-corrected chi connectivity index (χ2v) is 6.95. The molecule has 2 aromatic rings. The summed E-state index contributed by atoms with van der Waals surface area (Å²) in [6.45, 7) is 2.00. The fourth-order valence-corrected chi connectivity index (χ4v) is 3.72. The van der Waals surface area contributed by atoms with Crippen LogP contribution >= 0.6 is 0 Å². The molecule has 2 aliphatic rings. The zero-order chi connectivity index (χ0) is 18.8. The molecule has 27 heavy (non-hydrogen) atoms. The van der Waals surface area contributed by atoms with Crippen molar-refractivity contribution in [2.75, 3.05) is 24.5 Å². The van der Waals surface area contributed by atoms with Crippen LogP contribution in [0.1, 0.15) is 19.3 Å². The number of ether oxygens (including phenoxy) is 1. The highest BCUT2D eigenvalue weighted by Crippen LogP contribution is 2.27. The summed E-state index contributed by atoms with van der Waals surface area (Å²) >= 11 is 0. The average molecular weight is 371 g/mol. The third kappa shape index (κ3) is 3.85. The third-order valence-corrected chi connectivity index (χ3v) is 5.06. The second kappa shape index (κ2) is 7.48. The van der Waals surface area contributed by atoms with Gasteiger partial charge in [0.05, 0.1) is 6.04 Å². The van der Waals surface area contributed by atoms with Gasteiger partial charge in [-0.25, -0.2) is 14.4 Å². The first kappa shape index (κ1) is 17.7. The van der Waals surface area contributed by atoms with Crippen molar-refractivity contribution in [2.24, 2.45) is 5.73 Å². The molecule has 1 aromatic carbocycles. The molecule has 4 rings (SSSR count). The number of nitrogens with zero attached hydrogens (tertiary/aromatic N) is 4. The molecule has 1 aromatic heterocycles. The molecule has 0 bridgehead atoms. The molecule has 0 saturated carbocycles. The van der Waals surface area contributed by atoms with Gasteiger partial charge in [-0.2, -0.15) is 0 Å². The Bertz CT molecular complexity index is 833. The van der Waals surface area contributed by atoms with Crippen LogP contribution in [0.5, 0.6) is 11.6 Å². The van der Waals surface area contributed by atoms with Crippen LogP contribution < -0.4 is 15.4 Å². The maximum absolute atomic E-state index is 13.3. The Kier molecular flexibility index (Phi) is 4.89. The van der Waals surface area contributed by atoms with Crippen LogP contribution in [0.3, 0.4) is 0 Å². The molecule has 2 unspecified atom stereocenters. The molecule has 1 amide bonds. The van der Waals surface area contributed by atoms with E-state index in [-0.39, 0.29) is 23.8 Å². The summed E-state index contributed by atoms with van der Waals surface area (Å²) < 4.78 is 19.0. The largest absolute Gasteiger partial charge is 0.439 e. The molecular formula is C19H22FN5O2. The van der Waals surface area contributed by atoms with Gasteiger partial charge >= 0.3 is 0 Å². The molecule has 8 heteroatoms. The lowest BCUT2D eigenvalue weighted by Crippen LogP contribution is -2.51. The predicted octanol–water partition coefficient (Wildman–Crippen LogP) is 1.94. The Morgan fingerprint density at radius 1 is 1.19 bits per heavy atom. The Balaban J connectivity index is 1.48. The van der Waals surface area contributed by atoms with Gasteiger partial charge in [-0.1, -0.05) is 6.07 Å². The minimum Gasteiger partial charge on any atom is -0.439 e. The van der Waals surface area contributed by atoms with Gasteiger partial charge < -0.3 is 20.3 Å². The normalized spacial score (nSPS) is 23.0. The molecule has 142 valence electrons. The minimum atomic E-state index is -0.374. The highest BCUT2D eigenvalue weighted by Gasteiger charge is 2.38. The van der Waals surface area contributed by atoms with Crippen molar-refractivity contribution in [2.45, 2.75) is 31.3 Å². The highest BCUT2D eigenvalue weighted by atomic mass is 19.1. The third-order valence-electron chi connectivity index (χ3n) is 5.06. The number of benzene rings is 1. The van der Waals surface area contributed by atoms with Gasteiger partial charge in [0.2, 0.25) is 11.8 Å². The standard InChI is InChI=1S/C19H22FN5O2/c20-13-4-3-5-14(8-13)27-18-9-17(22-12-23-18)24-10-15(21)16(11-24)25-7-2-1-6-19(25)26/h3-5,8-9,12,15-16H,1-2,6-7,10-11,21H2. The summed E-state index contributed by atoms with van der Waals surface area (Å²) in [6.07, 6.45) is 3.99. The lowest BCUT2D eigenvalue weighted by atomic mass is 10.1. The van der Waals surface area contributed by atoms with Crippen LogP contribution in [0, 0.1) is 5.82 Å². The number of carbonyl (C=O) groups excluding carboxylic acids is 1. The first-order chi connectivity index (χ1) is 13.1. The van der Waals surface area contributed by atoms with Crippen LogP contribution in [0.2, 0.25) is 0 Å². The number of aromatic nitrogens is 2. The summed E-state index contributed by atoms with van der Waals surface area (Å²) in [5, 5.41) is 0. The van der Waals surface area contributed by atoms with Gasteiger partial charge in [0.25, 0.3) is 0 Å². The fourth-order valence-electron chi connectivity index (χ4n) is 3.72. The Morgan fingerprint density at radius 2 is 2.07 bits per heavy atom. The van der Waals surface area contributed by atoms with E-state index in [9.17, 15) is 9.18 Å². The molecular weight excluding hydrogens is 349 g/mol. The van der Waals surface area contributed by atoms with Gasteiger partial charge in [0.15, 0.2) is 0 Å². The molecule has 2 fully saturated rings. The van der Waals surface area contributed by atoms with Gasteiger partial charge in [0.1, 0.15) is 23.7 Å². The Hall–Kier alpha value is -2.74. The molecule has 2 atom stereocenters. The highest BCUT2D eigenvalue weighted by molar-refractivity contribution is 5.77. The summed E-state index contributed by atoms with van der Waals surface area (Å²) in [6, 6.07) is 7.45. The van der Waals surface area contributed by atoms with Gasteiger partial charge in [0, 0.05) is 44.2 Å². The van der Waals surface area contributed by atoms with Gasteiger partial charge in [-0.3, -0.25) is 4.79 Å². The summed E-state index contributed by atoms with van der Waals surface area (Å²) in [4.78, 5) is 24.6. The lowest BCUT2D eigenvalue weighted by Gasteiger charge is -2.34. The number of anilines is 1. The number of likely N-dealkylation sites (tertiary alicyclic amines) is 1. The van der Waals surface area contributed by atoms with Crippen molar-refractivity contribution in [3.63, 3.8) is 0 Å². The number of nitrogens with two attached hydrogens (primary N) is 1. The number of piperidine rings is 1. The minimum absolute atomic E-state index is 0.0136. The van der Waals surface area contributed by atoms with Crippen molar-refractivity contribution in [3.05, 3.63) is 42.5 Å². The monoisotopic (exact) mass is 371 g/mol. The van der Waals surface area contributed by atoms with Gasteiger partial charge in [-0.15, -0.1) is 0 Å². The van der Waals surface area contributed by atoms with E-state index < -0.39 is 0 Å². The van der Waals surface area contributed by atoms with Crippen molar-refractivity contribution in [1.82, 2.24) is 14.9 Å². The molecule has 0 aliphatic carbocycles. The Morgan fingerprint density at radius 3 is 2.89 bits per heavy atom. The Labute approximate surface area is 157 Å². The number of hydrogen-bond donors (Lipinski definition) is 1. The van der Waals surface area contributed by atoms with Crippen molar-refractivity contribution in [3.8, 4) is 11.6 Å². The van der Waals surface area contributed by atoms with Crippen molar-refractivity contribution in [1.29, 1.82) is 0 Å². The summed E-state index contributed by atoms with van der Waals surface area (Å²) in [5.41, 5.74) is 6.33. The van der Waals surface area contributed by atoms with Crippen LogP contribution in [0.25, 0.3) is 0 Å². The molecule has 2 aliphatic heterocycles. The molecule has 2 saturated heterocycles. The maximum Gasteiger partial charge on any atom is 0.224 e. The van der Waals surface area contributed by atoms with E-state index in [0.717, 1.165) is 19.4 Å². The quantitative estimate of drug-likeness (QED) is 0.884. The van der Waals surface area contributed by atoms with Crippen molar-refractivity contribution >= 4 is 11.7 Å². The van der Waals surface area contributed by atoms with Gasteiger partial charge in [-0.05, 0) is 25.0 Å². The SMILES string of the molecule is NC1CN(c2cc(Oc3cccc(F)c3)ncn2)CC1N1CCCCC1=O. The second-order valence-electron chi connectivity index (χ2n) is 6.95. The molecule has 3 heterocycles. The van der Waals surface area contributed by atoms with E-state index in [1.807, 2.05) is 9.80 Å². The zero-order valence-electron chi connectivity index (χ0n) is 14.9. The van der Waals surface area contributed by atoms with E-state index >= 15 is 0 Å². The first-order valence-electron chi connectivity index (χ1n) is 9.15. The number of amides is 1. The van der Waals surface area contributed by atoms with Crippen LogP contribution in [0.4, 0.5) is 10.2 Å². The van der Waals surface area contributed by atoms with Crippen molar-refractivity contribution < 1.29 is 13.9 Å². The maximum atomic E-state index is 13.3. The van der Waals surface area contributed by atoms with E-state index in [0.29, 0.717) is 37.0 Å². The topological polar surface area (TPSA) is 84.6 Å². The number of hydrogen-bond acceptors (Lipinski definition) is 6. The number of rotatable bonds is 4. The average Bonchev–Trinajstić information content (AvgIpc) is 3.04. The zero-order valence-corrected chi connectivity index (χ0v) is 14.9.